The zero-order valence-electron chi connectivity index (χ0n) is 17.9. The molecule has 0 saturated carbocycles. The summed E-state index contributed by atoms with van der Waals surface area (Å²) in [5.41, 5.74) is 0.622. The van der Waals surface area contributed by atoms with Crippen LogP contribution in [0.5, 0.6) is 0 Å². The van der Waals surface area contributed by atoms with E-state index < -0.39 is 0 Å². The van der Waals surface area contributed by atoms with Crippen molar-refractivity contribution in [3.63, 3.8) is 0 Å². The molecule has 6 nitrogen and oxygen atoms in total. The normalized spacial score (nSPS) is 11.0. The van der Waals surface area contributed by atoms with E-state index in [0.29, 0.717) is 30.5 Å². The number of aromatic nitrogens is 2. The molecule has 0 bridgehead atoms. The third-order valence-corrected chi connectivity index (χ3v) is 4.99. The fraction of sp³-hybridized carbons (Fsp3) is 0.565. The van der Waals surface area contributed by atoms with Crippen molar-refractivity contribution < 1.29 is 9.59 Å². The van der Waals surface area contributed by atoms with Crippen molar-refractivity contribution in [1.29, 1.82) is 0 Å². The van der Waals surface area contributed by atoms with E-state index in [1.54, 1.807) is 12.3 Å². The molecule has 0 spiro atoms. The lowest BCUT2D eigenvalue weighted by molar-refractivity contribution is -0.129. The molecule has 0 N–H and O–H groups in total. The largest absolute Gasteiger partial charge is 0.275 e. The fourth-order valence-corrected chi connectivity index (χ4v) is 3.44. The van der Waals surface area contributed by atoms with Crippen LogP contribution in [0.15, 0.2) is 29.2 Å². The zero-order valence-corrected chi connectivity index (χ0v) is 17.9. The van der Waals surface area contributed by atoms with Gasteiger partial charge in [-0.05, 0) is 37.5 Å². The van der Waals surface area contributed by atoms with Gasteiger partial charge in [-0.1, -0.05) is 52.9 Å². The number of hydrogen-bond donors (Lipinski definition) is 0. The first-order valence-electron chi connectivity index (χ1n) is 10.9. The van der Waals surface area contributed by atoms with Gasteiger partial charge in [-0.2, -0.15) is 9.69 Å². The Morgan fingerprint density at radius 1 is 0.966 bits per heavy atom. The molecule has 0 fully saturated rings. The van der Waals surface area contributed by atoms with Gasteiger partial charge in [-0.3, -0.25) is 14.4 Å². The first-order valence-corrected chi connectivity index (χ1v) is 10.9. The zero-order chi connectivity index (χ0) is 21.2. The predicted molar refractivity (Wildman–Crippen MR) is 117 cm³/mol. The molecule has 2 amide bonds. The van der Waals surface area contributed by atoms with E-state index in [9.17, 15) is 14.4 Å². The van der Waals surface area contributed by atoms with Crippen LogP contribution in [-0.4, -0.2) is 21.5 Å². The molecule has 0 aliphatic carbocycles. The number of amides is 2. The van der Waals surface area contributed by atoms with Crippen LogP contribution in [0.2, 0.25) is 0 Å². The van der Waals surface area contributed by atoms with E-state index in [1.165, 1.54) is 4.68 Å². The summed E-state index contributed by atoms with van der Waals surface area (Å²) >= 11 is 0. The number of imide groups is 1. The van der Waals surface area contributed by atoms with Crippen LogP contribution >= 0.6 is 0 Å². The molecule has 0 atom stereocenters. The van der Waals surface area contributed by atoms with Crippen LogP contribution in [0.3, 0.4) is 0 Å². The SMILES string of the molecule is CCCCCC(=O)N(C(=O)CCCCC)n1c(=O)c(CCC)cc2cccnc21. The van der Waals surface area contributed by atoms with Gasteiger partial charge >= 0.3 is 0 Å². The summed E-state index contributed by atoms with van der Waals surface area (Å²) in [5.74, 6) is -0.662. The molecule has 158 valence electrons. The lowest BCUT2D eigenvalue weighted by Gasteiger charge is -2.24. The van der Waals surface area contributed by atoms with Crippen LogP contribution in [-0.2, 0) is 16.0 Å². The van der Waals surface area contributed by atoms with Gasteiger partial charge in [0.2, 0.25) is 11.8 Å². The highest BCUT2D eigenvalue weighted by atomic mass is 16.2. The van der Waals surface area contributed by atoms with Gasteiger partial charge in [0.25, 0.3) is 5.56 Å². The van der Waals surface area contributed by atoms with Crippen LogP contribution in [0, 0.1) is 0 Å². The highest BCUT2D eigenvalue weighted by Crippen LogP contribution is 2.15. The average molecular weight is 400 g/mol. The molecule has 0 aliphatic rings. The number of carbonyl (C=O) groups is 2. The van der Waals surface area contributed by atoms with Crippen LogP contribution < -0.4 is 10.6 Å². The second kappa shape index (κ2) is 11.5. The molecule has 2 aromatic rings. The monoisotopic (exact) mass is 399 g/mol. The minimum atomic E-state index is -0.331. The van der Waals surface area contributed by atoms with Crippen molar-refractivity contribution in [2.45, 2.75) is 85.0 Å². The summed E-state index contributed by atoms with van der Waals surface area (Å²) in [4.78, 5) is 43.7. The van der Waals surface area contributed by atoms with Crippen molar-refractivity contribution in [2.24, 2.45) is 0 Å². The lowest BCUT2D eigenvalue weighted by atomic mass is 10.1. The molecule has 0 radical (unpaired) electrons. The van der Waals surface area contributed by atoms with Crippen LogP contribution in [0.1, 0.15) is 84.1 Å². The summed E-state index contributed by atoms with van der Waals surface area (Å²) in [7, 11) is 0. The van der Waals surface area contributed by atoms with Gasteiger partial charge in [0.15, 0.2) is 5.65 Å². The fourth-order valence-electron chi connectivity index (χ4n) is 3.44. The number of nitrogens with zero attached hydrogens (tertiary/aromatic N) is 3. The van der Waals surface area contributed by atoms with Gasteiger partial charge in [-0.25, -0.2) is 4.98 Å². The Hall–Kier alpha value is -2.50. The van der Waals surface area contributed by atoms with Crippen molar-refractivity contribution >= 4 is 22.8 Å². The molecule has 0 unspecified atom stereocenters. The number of hydrogen-bond acceptors (Lipinski definition) is 4. The molecular formula is C23H33N3O3. The number of fused-ring (bicyclic) bond motifs is 1. The molecule has 2 heterocycles. The molecule has 6 heteroatoms. The Kier molecular flexibility index (Phi) is 9.03. The molecule has 0 aliphatic heterocycles. The number of carbonyl (C=O) groups excluding carboxylic acids is 2. The highest BCUT2D eigenvalue weighted by molar-refractivity contribution is 6.09. The number of rotatable bonds is 11. The molecule has 0 saturated heterocycles. The Morgan fingerprint density at radius 3 is 2.14 bits per heavy atom. The van der Waals surface area contributed by atoms with Crippen molar-refractivity contribution in [1.82, 2.24) is 9.66 Å². The van der Waals surface area contributed by atoms with Gasteiger partial charge in [0.05, 0.1) is 0 Å². The van der Waals surface area contributed by atoms with E-state index in [2.05, 4.69) is 18.8 Å². The smallest absolute Gasteiger partial charge is 0.273 e. The average Bonchev–Trinajstić information content (AvgIpc) is 2.71. The van der Waals surface area contributed by atoms with Gasteiger partial charge in [0.1, 0.15) is 0 Å². The Labute approximate surface area is 172 Å². The number of aryl methyl sites for hydroxylation is 1. The van der Waals surface area contributed by atoms with Crippen LogP contribution in [0.25, 0.3) is 11.0 Å². The summed E-state index contributed by atoms with van der Waals surface area (Å²) in [6.07, 6.45) is 8.63. The van der Waals surface area contributed by atoms with Crippen molar-refractivity contribution in [3.8, 4) is 0 Å². The third-order valence-electron chi connectivity index (χ3n) is 4.99. The first kappa shape index (κ1) is 22.8. The molecule has 2 rings (SSSR count). The molecular weight excluding hydrogens is 366 g/mol. The summed E-state index contributed by atoms with van der Waals surface area (Å²) in [6.45, 7) is 6.13. The van der Waals surface area contributed by atoms with Gasteiger partial charge in [-0.15, -0.1) is 0 Å². The lowest BCUT2D eigenvalue weighted by Crippen LogP contribution is -2.51. The second-order valence-corrected chi connectivity index (χ2v) is 7.47. The minimum absolute atomic E-state index is 0.242. The third kappa shape index (κ3) is 5.75. The first-order chi connectivity index (χ1) is 14.0. The number of pyridine rings is 2. The molecule has 2 aromatic heterocycles. The predicted octanol–water partition coefficient (Wildman–Crippen LogP) is 4.50. The van der Waals surface area contributed by atoms with Gasteiger partial charge < -0.3 is 0 Å². The minimum Gasteiger partial charge on any atom is -0.273 e. The maximum absolute atomic E-state index is 13.3. The molecule has 29 heavy (non-hydrogen) atoms. The maximum Gasteiger partial charge on any atom is 0.275 e. The van der Waals surface area contributed by atoms with E-state index >= 15 is 0 Å². The summed E-state index contributed by atoms with van der Waals surface area (Å²) < 4.78 is 1.23. The second-order valence-electron chi connectivity index (χ2n) is 7.47. The standard InChI is InChI=1S/C23H33N3O3/c1-4-7-9-14-20(27)25(21(28)15-10-8-5-2)26-22-18(13-11-16-24-22)17-19(12-6-3)23(26)29/h11,13,16-17H,4-10,12,14-15H2,1-3H3. The summed E-state index contributed by atoms with van der Waals surface area (Å²) in [6, 6.07) is 5.48. The maximum atomic E-state index is 13.3. The van der Waals surface area contributed by atoms with Crippen molar-refractivity contribution in [2.75, 3.05) is 5.01 Å². The highest BCUT2D eigenvalue weighted by Gasteiger charge is 2.26. The van der Waals surface area contributed by atoms with E-state index in [1.807, 2.05) is 19.1 Å². The quantitative estimate of drug-likeness (QED) is 0.522. The Morgan fingerprint density at radius 2 is 1.59 bits per heavy atom. The topological polar surface area (TPSA) is 72.3 Å². The van der Waals surface area contributed by atoms with E-state index in [0.717, 1.165) is 42.5 Å². The Bertz CT molecular complexity index is 867. The van der Waals surface area contributed by atoms with Gasteiger partial charge in [0, 0.05) is 30.0 Å². The van der Waals surface area contributed by atoms with Crippen LogP contribution in [0.4, 0.5) is 0 Å². The van der Waals surface area contributed by atoms with E-state index in [-0.39, 0.29) is 30.2 Å². The van der Waals surface area contributed by atoms with E-state index in [4.69, 9.17) is 0 Å². The number of unbranched alkanes of at least 4 members (excludes halogenated alkanes) is 4. The Balaban J connectivity index is 2.57. The summed E-state index contributed by atoms with van der Waals surface area (Å²) in [5, 5.41) is 1.82. The molecule has 0 aromatic carbocycles. The van der Waals surface area contributed by atoms with Crippen molar-refractivity contribution in [3.05, 3.63) is 40.3 Å².